The number of alkyl halides is 3. The molecule has 25 heavy (non-hydrogen) atoms. The molecule has 1 atom stereocenters. The quantitative estimate of drug-likeness (QED) is 0.755. The molecule has 2 saturated heterocycles. The molecule has 0 radical (unpaired) electrons. The molecular formula is C17H18ClF3N2O2. The predicted octanol–water partition coefficient (Wildman–Crippen LogP) is 3.81. The standard InChI is InChI=1S/C17H18ClF3N2O2/c18-16(25)11-8-15(24)23(10-11)14-9-12(17(19,20)21)4-5-13(14)22-6-2-1-3-7-22/h4-5,9,11H,1-3,6-8,10H2/t11-/m1/s1. The molecule has 3 rings (SSSR count). The smallest absolute Gasteiger partial charge is 0.370 e. The number of anilines is 2. The minimum atomic E-state index is -4.50. The zero-order valence-corrected chi connectivity index (χ0v) is 14.2. The largest absolute Gasteiger partial charge is 0.416 e. The predicted molar refractivity (Wildman–Crippen MR) is 88.8 cm³/mol. The van der Waals surface area contributed by atoms with Gasteiger partial charge in [0.2, 0.25) is 11.1 Å². The number of carbonyl (C=O) groups is 2. The van der Waals surface area contributed by atoms with Crippen LogP contribution in [-0.2, 0) is 15.8 Å². The summed E-state index contributed by atoms with van der Waals surface area (Å²) in [5, 5.41) is -0.637. The van der Waals surface area contributed by atoms with E-state index in [0.717, 1.165) is 44.5 Å². The Morgan fingerprint density at radius 3 is 2.36 bits per heavy atom. The first kappa shape index (κ1) is 18.0. The van der Waals surface area contributed by atoms with Crippen LogP contribution in [0.25, 0.3) is 0 Å². The second kappa shape index (κ2) is 6.86. The van der Waals surface area contributed by atoms with Crippen molar-refractivity contribution in [1.82, 2.24) is 0 Å². The Morgan fingerprint density at radius 2 is 1.80 bits per heavy atom. The van der Waals surface area contributed by atoms with Gasteiger partial charge in [-0.05, 0) is 49.1 Å². The van der Waals surface area contributed by atoms with Crippen LogP contribution in [0.2, 0.25) is 0 Å². The Kier molecular flexibility index (Phi) is 4.95. The van der Waals surface area contributed by atoms with Crippen LogP contribution in [0, 0.1) is 5.92 Å². The van der Waals surface area contributed by atoms with Gasteiger partial charge >= 0.3 is 6.18 Å². The molecule has 1 amide bonds. The maximum atomic E-state index is 13.1. The average Bonchev–Trinajstić information content (AvgIpc) is 2.96. The first-order chi connectivity index (χ1) is 11.8. The van der Waals surface area contributed by atoms with Gasteiger partial charge in [-0.2, -0.15) is 13.2 Å². The van der Waals surface area contributed by atoms with Crippen molar-refractivity contribution in [2.24, 2.45) is 5.92 Å². The van der Waals surface area contributed by atoms with Crippen LogP contribution < -0.4 is 9.80 Å². The van der Waals surface area contributed by atoms with Gasteiger partial charge in [0, 0.05) is 26.1 Å². The zero-order chi connectivity index (χ0) is 18.2. The lowest BCUT2D eigenvalue weighted by Crippen LogP contribution is -2.33. The summed E-state index contributed by atoms with van der Waals surface area (Å²) in [5.74, 6) is -1.06. The van der Waals surface area contributed by atoms with Crippen LogP contribution in [0.3, 0.4) is 0 Å². The van der Waals surface area contributed by atoms with Crippen molar-refractivity contribution < 1.29 is 22.8 Å². The number of benzene rings is 1. The highest BCUT2D eigenvalue weighted by molar-refractivity contribution is 6.64. The molecule has 1 aromatic rings. The number of rotatable bonds is 3. The van der Waals surface area contributed by atoms with Gasteiger partial charge in [-0.1, -0.05) is 0 Å². The van der Waals surface area contributed by atoms with Crippen LogP contribution in [0.15, 0.2) is 18.2 Å². The molecule has 0 spiro atoms. The maximum Gasteiger partial charge on any atom is 0.416 e. The van der Waals surface area contributed by atoms with Crippen molar-refractivity contribution in [3.63, 3.8) is 0 Å². The molecule has 0 saturated carbocycles. The summed E-state index contributed by atoms with van der Waals surface area (Å²) in [6.45, 7) is 1.49. The lowest BCUT2D eigenvalue weighted by molar-refractivity contribution is -0.137. The molecule has 0 aliphatic carbocycles. The third-order valence-corrected chi connectivity index (χ3v) is 5.04. The SMILES string of the molecule is O=C(Cl)[C@@H]1CC(=O)N(c2cc(C(F)(F)F)ccc2N2CCCCC2)C1. The Labute approximate surface area is 148 Å². The van der Waals surface area contributed by atoms with E-state index >= 15 is 0 Å². The van der Waals surface area contributed by atoms with Crippen LogP contribution >= 0.6 is 11.6 Å². The number of piperidine rings is 1. The third kappa shape index (κ3) is 3.76. The van der Waals surface area contributed by atoms with Crippen molar-refractivity contribution in [3.8, 4) is 0 Å². The minimum absolute atomic E-state index is 0.0172. The van der Waals surface area contributed by atoms with Gasteiger partial charge in [-0.3, -0.25) is 9.59 Å². The summed E-state index contributed by atoms with van der Waals surface area (Å²) in [6.07, 6.45) is -1.58. The van der Waals surface area contributed by atoms with Crippen molar-refractivity contribution in [2.75, 3.05) is 29.4 Å². The highest BCUT2D eigenvalue weighted by atomic mass is 35.5. The molecule has 0 aromatic heterocycles. The molecular weight excluding hydrogens is 357 g/mol. The summed E-state index contributed by atoms with van der Waals surface area (Å²) in [7, 11) is 0. The van der Waals surface area contributed by atoms with Crippen molar-refractivity contribution in [1.29, 1.82) is 0 Å². The highest BCUT2D eigenvalue weighted by Gasteiger charge is 2.38. The van der Waals surface area contributed by atoms with Gasteiger partial charge in [-0.25, -0.2) is 0 Å². The molecule has 2 aliphatic rings. The molecule has 2 heterocycles. The van der Waals surface area contributed by atoms with Gasteiger partial charge < -0.3 is 9.80 Å². The number of carbonyl (C=O) groups excluding carboxylic acids is 2. The lowest BCUT2D eigenvalue weighted by atomic mass is 10.1. The Balaban J connectivity index is 2.01. The molecule has 0 unspecified atom stereocenters. The summed E-state index contributed by atoms with van der Waals surface area (Å²) in [5.41, 5.74) is 0.00238. The lowest BCUT2D eigenvalue weighted by Gasteiger charge is -2.33. The monoisotopic (exact) mass is 374 g/mol. The second-order valence-corrected chi connectivity index (χ2v) is 6.83. The number of hydrogen-bond acceptors (Lipinski definition) is 3. The van der Waals surface area contributed by atoms with Gasteiger partial charge in [0.1, 0.15) is 0 Å². The summed E-state index contributed by atoms with van der Waals surface area (Å²) >= 11 is 5.49. The molecule has 1 aromatic carbocycles. The summed E-state index contributed by atoms with van der Waals surface area (Å²) in [4.78, 5) is 26.9. The number of halogens is 4. The van der Waals surface area contributed by atoms with E-state index in [4.69, 9.17) is 11.6 Å². The topological polar surface area (TPSA) is 40.6 Å². The molecule has 0 N–H and O–H groups in total. The molecule has 136 valence electrons. The fraction of sp³-hybridized carbons (Fsp3) is 0.529. The van der Waals surface area contributed by atoms with Gasteiger partial charge in [0.25, 0.3) is 0 Å². The van der Waals surface area contributed by atoms with E-state index in [9.17, 15) is 22.8 Å². The van der Waals surface area contributed by atoms with Crippen LogP contribution in [-0.4, -0.2) is 30.8 Å². The highest BCUT2D eigenvalue weighted by Crippen LogP contribution is 2.40. The van der Waals surface area contributed by atoms with Crippen molar-refractivity contribution in [3.05, 3.63) is 23.8 Å². The molecule has 2 aliphatic heterocycles. The van der Waals surface area contributed by atoms with Crippen molar-refractivity contribution >= 4 is 34.1 Å². The second-order valence-electron chi connectivity index (χ2n) is 6.46. The maximum absolute atomic E-state index is 13.1. The Hall–Kier alpha value is -1.76. The van der Waals surface area contributed by atoms with Crippen LogP contribution in [0.5, 0.6) is 0 Å². The zero-order valence-electron chi connectivity index (χ0n) is 13.5. The van der Waals surface area contributed by atoms with E-state index in [1.54, 1.807) is 0 Å². The van der Waals surface area contributed by atoms with Crippen molar-refractivity contribution in [2.45, 2.75) is 31.9 Å². The summed E-state index contributed by atoms with van der Waals surface area (Å²) < 4.78 is 39.4. The first-order valence-corrected chi connectivity index (χ1v) is 8.61. The third-order valence-electron chi connectivity index (χ3n) is 4.74. The molecule has 4 nitrogen and oxygen atoms in total. The molecule has 0 bridgehead atoms. The van der Waals surface area contributed by atoms with Gasteiger partial charge in [-0.15, -0.1) is 0 Å². The minimum Gasteiger partial charge on any atom is -0.370 e. The number of nitrogens with zero attached hydrogens (tertiary/aromatic N) is 2. The van der Waals surface area contributed by atoms with E-state index in [0.29, 0.717) is 5.69 Å². The van der Waals surface area contributed by atoms with E-state index in [1.165, 1.54) is 11.0 Å². The molecule has 8 heteroatoms. The normalized spacial score (nSPS) is 21.8. The van der Waals surface area contributed by atoms with Crippen LogP contribution in [0.4, 0.5) is 24.5 Å². The fourth-order valence-electron chi connectivity index (χ4n) is 3.41. The number of amides is 1. The summed E-state index contributed by atoms with van der Waals surface area (Å²) in [6, 6.07) is 3.47. The van der Waals surface area contributed by atoms with E-state index < -0.39 is 22.9 Å². The fourth-order valence-corrected chi connectivity index (χ4v) is 3.56. The van der Waals surface area contributed by atoms with E-state index in [1.807, 2.05) is 4.90 Å². The van der Waals surface area contributed by atoms with Gasteiger partial charge in [0.15, 0.2) is 0 Å². The van der Waals surface area contributed by atoms with Crippen LogP contribution in [0.1, 0.15) is 31.2 Å². The molecule has 2 fully saturated rings. The van der Waals surface area contributed by atoms with E-state index in [-0.39, 0.29) is 24.6 Å². The first-order valence-electron chi connectivity index (χ1n) is 8.23. The average molecular weight is 375 g/mol. The number of hydrogen-bond donors (Lipinski definition) is 0. The van der Waals surface area contributed by atoms with E-state index in [2.05, 4.69) is 0 Å². The van der Waals surface area contributed by atoms with Gasteiger partial charge in [0.05, 0.1) is 22.9 Å². The Morgan fingerprint density at radius 1 is 1.12 bits per heavy atom. The Bertz CT molecular complexity index is 687.